The van der Waals surface area contributed by atoms with E-state index in [2.05, 4.69) is 34.6 Å². The van der Waals surface area contributed by atoms with Gasteiger partial charge in [0.2, 0.25) is 9.76 Å². The van der Waals surface area contributed by atoms with Crippen LogP contribution in [0.3, 0.4) is 0 Å². The van der Waals surface area contributed by atoms with Gasteiger partial charge in [-0.05, 0) is 57.3 Å². The standard InChI is InChI=1S/C17H34O3Si2/c1-7-22(8-2,15-11-9-10-12-15)19-16(18)14(3)13-21-20-17(4,5)6/h14-15H,7-13H2,1-6H3. The van der Waals surface area contributed by atoms with Crippen molar-refractivity contribution in [2.45, 2.75) is 96.5 Å². The lowest BCUT2D eigenvalue weighted by Crippen LogP contribution is -2.44. The fourth-order valence-corrected chi connectivity index (χ4v) is 8.38. The zero-order valence-corrected chi connectivity index (χ0v) is 17.3. The van der Waals surface area contributed by atoms with Gasteiger partial charge in [-0.25, -0.2) is 0 Å². The van der Waals surface area contributed by atoms with E-state index in [4.69, 9.17) is 8.85 Å². The van der Waals surface area contributed by atoms with Crippen LogP contribution in [0.5, 0.6) is 0 Å². The summed E-state index contributed by atoms with van der Waals surface area (Å²) < 4.78 is 12.0. The molecule has 128 valence electrons. The number of hydrogen-bond acceptors (Lipinski definition) is 3. The summed E-state index contributed by atoms with van der Waals surface area (Å²) in [6.07, 6.45) is 5.16. The molecule has 0 amide bonds. The Morgan fingerprint density at radius 2 is 1.77 bits per heavy atom. The Morgan fingerprint density at radius 3 is 2.23 bits per heavy atom. The van der Waals surface area contributed by atoms with Gasteiger partial charge in [-0.1, -0.05) is 33.6 Å². The number of carbonyl (C=O) groups excluding carboxylic acids is 1. The Morgan fingerprint density at radius 1 is 1.23 bits per heavy atom. The van der Waals surface area contributed by atoms with Crippen molar-refractivity contribution in [1.82, 2.24) is 0 Å². The van der Waals surface area contributed by atoms with Crippen molar-refractivity contribution in [3.05, 3.63) is 0 Å². The van der Waals surface area contributed by atoms with Gasteiger partial charge in [0.15, 0.2) is 0 Å². The van der Waals surface area contributed by atoms with Crippen LogP contribution in [0.2, 0.25) is 23.7 Å². The second kappa shape index (κ2) is 8.64. The second-order valence-electron chi connectivity index (χ2n) is 7.64. The minimum Gasteiger partial charge on any atom is -0.519 e. The summed E-state index contributed by atoms with van der Waals surface area (Å²) in [5.74, 6) is -0.0284. The van der Waals surface area contributed by atoms with Crippen LogP contribution in [-0.2, 0) is 13.6 Å². The van der Waals surface area contributed by atoms with Crippen LogP contribution in [0.4, 0.5) is 0 Å². The number of hydrogen-bond donors (Lipinski definition) is 0. The quantitative estimate of drug-likeness (QED) is 0.586. The third kappa shape index (κ3) is 5.82. The summed E-state index contributed by atoms with van der Waals surface area (Å²) in [5, 5.41) is 0. The third-order valence-electron chi connectivity index (χ3n) is 4.77. The first-order chi connectivity index (χ1) is 10.2. The first-order valence-corrected chi connectivity index (χ1v) is 12.4. The first-order valence-electron chi connectivity index (χ1n) is 8.87. The first kappa shape index (κ1) is 19.9. The number of carbonyl (C=O) groups is 1. The fraction of sp³-hybridized carbons (Fsp3) is 0.941. The predicted molar refractivity (Wildman–Crippen MR) is 95.6 cm³/mol. The Balaban J connectivity index is 2.55. The van der Waals surface area contributed by atoms with Crippen LogP contribution in [0.15, 0.2) is 0 Å². The maximum absolute atomic E-state index is 12.6. The Bertz CT molecular complexity index is 342. The topological polar surface area (TPSA) is 35.5 Å². The molecule has 22 heavy (non-hydrogen) atoms. The molecule has 0 N–H and O–H groups in total. The molecule has 0 aliphatic heterocycles. The van der Waals surface area contributed by atoms with E-state index < -0.39 is 8.32 Å². The van der Waals surface area contributed by atoms with E-state index in [0.717, 1.165) is 18.1 Å². The van der Waals surface area contributed by atoms with Crippen LogP contribution in [0, 0.1) is 5.92 Å². The molecule has 1 atom stereocenters. The van der Waals surface area contributed by atoms with E-state index in [1.54, 1.807) is 0 Å². The van der Waals surface area contributed by atoms with Crippen molar-refractivity contribution in [2.75, 3.05) is 0 Å². The van der Waals surface area contributed by atoms with E-state index in [1.807, 2.05) is 6.92 Å². The number of rotatable bonds is 8. The summed E-state index contributed by atoms with van der Waals surface area (Å²) in [4.78, 5) is 12.6. The zero-order valence-electron chi connectivity index (χ0n) is 15.3. The third-order valence-corrected chi connectivity index (χ3v) is 11.4. The van der Waals surface area contributed by atoms with Crippen molar-refractivity contribution in [3.8, 4) is 0 Å². The van der Waals surface area contributed by atoms with E-state index in [1.165, 1.54) is 25.7 Å². The molecule has 5 heteroatoms. The predicted octanol–water partition coefficient (Wildman–Crippen LogP) is 4.95. The molecule has 0 aromatic rings. The van der Waals surface area contributed by atoms with Crippen molar-refractivity contribution in [1.29, 1.82) is 0 Å². The minimum atomic E-state index is -1.90. The van der Waals surface area contributed by atoms with Crippen LogP contribution in [-0.4, -0.2) is 29.7 Å². The molecule has 0 saturated heterocycles. The molecule has 0 aromatic carbocycles. The maximum atomic E-state index is 12.6. The van der Waals surface area contributed by atoms with E-state index in [9.17, 15) is 4.79 Å². The Kier molecular flexibility index (Phi) is 7.82. The molecule has 1 aliphatic carbocycles. The lowest BCUT2D eigenvalue weighted by Gasteiger charge is -2.35. The summed E-state index contributed by atoms with van der Waals surface area (Å²) in [5.41, 5.74) is 0.559. The largest absolute Gasteiger partial charge is 0.519 e. The van der Waals surface area contributed by atoms with Crippen molar-refractivity contribution >= 4 is 24.0 Å². The van der Waals surface area contributed by atoms with Gasteiger partial charge in [0.1, 0.15) is 0 Å². The minimum absolute atomic E-state index is 0.0206. The molecular weight excluding hydrogens is 308 g/mol. The fourth-order valence-electron chi connectivity index (χ4n) is 3.27. The van der Waals surface area contributed by atoms with Gasteiger partial charge in [0.05, 0.1) is 5.92 Å². The normalized spacial score (nSPS) is 18.5. The second-order valence-corrected chi connectivity index (χ2v) is 13.1. The molecule has 0 aromatic heterocycles. The van der Waals surface area contributed by atoms with Crippen LogP contribution >= 0.6 is 0 Å². The van der Waals surface area contributed by atoms with Gasteiger partial charge in [0, 0.05) is 5.60 Å². The average molecular weight is 343 g/mol. The molecule has 2 radical (unpaired) electrons. The lowest BCUT2D eigenvalue weighted by molar-refractivity contribution is -0.139. The van der Waals surface area contributed by atoms with Crippen molar-refractivity contribution < 1.29 is 13.6 Å². The van der Waals surface area contributed by atoms with Crippen molar-refractivity contribution in [3.63, 3.8) is 0 Å². The van der Waals surface area contributed by atoms with Gasteiger partial charge in [-0.3, -0.25) is 4.79 Å². The highest BCUT2D eigenvalue weighted by Crippen LogP contribution is 2.43. The van der Waals surface area contributed by atoms with E-state index in [0.29, 0.717) is 15.3 Å². The molecule has 1 aliphatic rings. The smallest absolute Gasteiger partial charge is 0.295 e. The Hall–Kier alpha value is -0.136. The summed E-state index contributed by atoms with van der Waals surface area (Å²) in [6, 6.07) is 2.90. The van der Waals surface area contributed by atoms with Gasteiger partial charge < -0.3 is 8.85 Å². The van der Waals surface area contributed by atoms with E-state index >= 15 is 0 Å². The van der Waals surface area contributed by atoms with Crippen LogP contribution < -0.4 is 0 Å². The molecule has 0 heterocycles. The molecule has 0 bridgehead atoms. The molecular formula is C17H34O3Si2. The zero-order chi connectivity index (χ0) is 16.8. The molecule has 1 rings (SSSR count). The van der Waals surface area contributed by atoms with Crippen LogP contribution in [0.25, 0.3) is 0 Å². The highest BCUT2D eigenvalue weighted by atomic mass is 28.4. The Labute approximate surface area is 140 Å². The lowest BCUT2D eigenvalue weighted by atomic mass is 10.2. The van der Waals surface area contributed by atoms with Crippen LogP contribution in [0.1, 0.15) is 67.2 Å². The SMILES string of the molecule is CC[Si](CC)(OC(=O)C(C)C[Si]OC(C)(C)C)C1CCCC1. The van der Waals surface area contributed by atoms with Gasteiger partial charge in [-0.15, -0.1) is 0 Å². The molecule has 1 fully saturated rings. The summed E-state index contributed by atoms with van der Waals surface area (Å²) in [6.45, 7) is 12.6. The van der Waals surface area contributed by atoms with Gasteiger partial charge in [0.25, 0.3) is 14.3 Å². The molecule has 1 saturated carbocycles. The monoisotopic (exact) mass is 342 g/mol. The highest BCUT2D eigenvalue weighted by Gasteiger charge is 2.44. The molecule has 1 unspecified atom stereocenters. The molecule has 3 nitrogen and oxygen atoms in total. The molecule has 0 spiro atoms. The van der Waals surface area contributed by atoms with Gasteiger partial charge >= 0.3 is 0 Å². The highest BCUT2D eigenvalue weighted by molar-refractivity contribution is 6.76. The summed E-state index contributed by atoms with van der Waals surface area (Å²) in [7, 11) is -1.53. The maximum Gasteiger partial charge on any atom is 0.295 e. The van der Waals surface area contributed by atoms with Gasteiger partial charge in [-0.2, -0.15) is 0 Å². The average Bonchev–Trinajstić information content (AvgIpc) is 2.97. The van der Waals surface area contributed by atoms with Crippen molar-refractivity contribution in [2.24, 2.45) is 5.92 Å². The summed E-state index contributed by atoms with van der Waals surface area (Å²) >= 11 is 0. The van der Waals surface area contributed by atoms with E-state index in [-0.39, 0.29) is 17.5 Å².